The van der Waals surface area contributed by atoms with Crippen LogP contribution in [0.25, 0.3) is 0 Å². The van der Waals surface area contributed by atoms with Gasteiger partial charge in [0.2, 0.25) is 0 Å². The predicted octanol–water partition coefficient (Wildman–Crippen LogP) is 2.59. The van der Waals surface area contributed by atoms with Crippen LogP contribution < -0.4 is 5.32 Å². The van der Waals surface area contributed by atoms with Crippen LogP contribution in [-0.2, 0) is 0 Å². The highest BCUT2D eigenvalue weighted by atomic mass is 15.0. The molecule has 0 unspecified atom stereocenters. The zero-order chi connectivity index (χ0) is 9.57. The lowest BCUT2D eigenvalue weighted by Gasteiger charge is -2.04. The number of hydrogen-bond donors (Lipinski definition) is 1. The van der Waals surface area contributed by atoms with E-state index in [0.717, 1.165) is 6.54 Å². The van der Waals surface area contributed by atoms with Crippen molar-refractivity contribution in [3.63, 3.8) is 0 Å². The molecular weight excluding hydrogens is 146 g/mol. The average molecular weight is 167 g/mol. The van der Waals surface area contributed by atoms with Gasteiger partial charge in [-0.1, -0.05) is 39.8 Å². The lowest BCUT2D eigenvalue weighted by atomic mass is 10.0. The Morgan fingerprint density at radius 2 is 1.67 bits per heavy atom. The normalized spacial score (nSPS) is 25.4. The highest BCUT2D eigenvalue weighted by Crippen LogP contribution is 2.62. The third-order valence-electron chi connectivity index (χ3n) is 3.63. The summed E-state index contributed by atoms with van der Waals surface area (Å²) in [5, 5.41) is 3.54. The molecule has 1 N–H and O–H groups in total. The SMILES string of the molecule is C=C(C)CNC1C(C)(C)C1(C)C. The standard InChI is InChI=1S/C11H21N/c1-8(2)7-12-9-10(3,4)11(9,5)6/h9,12H,1,7H2,2-6H3. The summed E-state index contributed by atoms with van der Waals surface area (Å²) in [6, 6.07) is 0.654. The zero-order valence-electron chi connectivity index (χ0n) is 8.99. The van der Waals surface area contributed by atoms with E-state index in [1.54, 1.807) is 0 Å². The molecule has 0 bridgehead atoms. The van der Waals surface area contributed by atoms with Crippen molar-refractivity contribution in [2.45, 2.75) is 40.7 Å². The first-order chi connectivity index (χ1) is 5.30. The Balaban J connectivity index is 2.44. The average Bonchev–Trinajstić information content (AvgIpc) is 2.21. The monoisotopic (exact) mass is 167 g/mol. The second-order valence-electron chi connectivity index (χ2n) is 5.21. The minimum absolute atomic E-state index is 0.447. The molecule has 0 aliphatic heterocycles. The van der Waals surface area contributed by atoms with Gasteiger partial charge in [0.25, 0.3) is 0 Å². The number of nitrogens with one attached hydrogen (secondary N) is 1. The van der Waals surface area contributed by atoms with Gasteiger partial charge < -0.3 is 5.32 Å². The molecule has 0 spiro atoms. The highest BCUT2D eigenvalue weighted by molar-refractivity contribution is 5.18. The van der Waals surface area contributed by atoms with Crippen molar-refractivity contribution in [1.82, 2.24) is 5.32 Å². The third-order valence-corrected chi connectivity index (χ3v) is 3.63. The molecule has 0 heterocycles. The number of hydrogen-bond acceptors (Lipinski definition) is 1. The van der Waals surface area contributed by atoms with Crippen molar-refractivity contribution >= 4 is 0 Å². The van der Waals surface area contributed by atoms with Crippen LogP contribution in [0.15, 0.2) is 12.2 Å². The smallest absolute Gasteiger partial charge is 0.0184 e. The lowest BCUT2D eigenvalue weighted by molar-refractivity contribution is 0.457. The van der Waals surface area contributed by atoms with Gasteiger partial charge in [0, 0.05) is 12.6 Å². The molecule has 1 heteroatoms. The van der Waals surface area contributed by atoms with Gasteiger partial charge in [-0.3, -0.25) is 0 Å². The van der Waals surface area contributed by atoms with Crippen LogP contribution in [0.3, 0.4) is 0 Å². The van der Waals surface area contributed by atoms with E-state index in [4.69, 9.17) is 0 Å². The van der Waals surface area contributed by atoms with E-state index in [-0.39, 0.29) is 0 Å². The lowest BCUT2D eigenvalue weighted by Crippen LogP contribution is -2.23. The molecule has 1 saturated carbocycles. The van der Waals surface area contributed by atoms with Gasteiger partial charge in [0.05, 0.1) is 0 Å². The van der Waals surface area contributed by atoms with E-state index in [1.807, 2.05) is 0 Å². The van der Waals surface area contributed by atoms with Crippen LogP contribution in [0, 0.1) is 10.8 Å². The molecule has 0 aromatic rings. The van der Waals surface area contributed by atoms with Gasteiger partial charge >= 0.3 is 0 Å². The van der Waals surface area contributed by atoms with Crippen LogP contribution >= 0.6 is 0 Å². The fourth-order valence-electron chi connectivity index (χ4n) is 1.98. The van der Waals surface area contributed by atoms with Crippen LogP contribution in [0.2, 0.25) is 0 Å². The number of rotatable bonds is 3. The van der Waals surface area contributed by atoms with Gasteiger partial charge in [-0.05, 0) is 17.8 Å². The zero-order valence-corrected chi connectivity index (χ0v) is 8.99. The molecule has 0 amide bonds. The second kappa shape index (κ2) is 2.59. The molecule has 1 fully saturated rings. The first-order valence-corrected chi connectivity index (χ1v) is 4.68. The predicted molar refractivity (Wildman–Crippen MR) is 54.2 cm³/mol. The summed E-state index contributed by atoms with van der Waals surface area (Å²) < 4.78 is 0. The largest absolute Gasteiger partial charge is 0.309 e. The van der Waals surface area contributed by atoms with Gasteiger partial charge in [-0.25, -0.2) is 0 Å². The molecule has 0 radical (unpaired) electrons. The Kier molecular flexibility index (Phi) is 2.12. The van der Waals surface area contributed by atoms with E-state index < -0.39 is 0 Å². The summed E-state index contributed by atoms with van der Waals surface area (Å²) in [5.74, 6) is 0. The van der Waals surface area contributed by atoms with E-state index in [2.05, 4.69) is 46.5 Å². The van der Waals surface area contributed by atoms with Crippen molar-refractivity contribution in [1.29, 1.82) is 0 Å². The topological polar surface area (TPSA) is 12.0 Å². The first-order valence-electron chi connectivity index (χ1n) is 4.68. The molecule has 0 aromatic carbocycles. The molecule has 1 rings (SSSR count). The summed E-state index contributed by atoms with van der Waals surface area (Å²) in [5.41, 5.74) is 2.11. The Hall–Kier alpha value is -0.300. The van der Waals surface area contributed by atoms with Gasteiger partial charge in [-0.15, -0.1) is 0 Å². The van der Waals surface area contributed by atoms with Crippen molar-refractivity contribution in [2.75, 3.05) is 6.54 Å². The highest BCUT2D eigenvalue weighted by Gasteiger charge is 2.64. The summed E-state index contributed by atoms with van der Waals surface area (Å²) in [6.45, 7) is 16.2. The van der Waals surface area contributed by atoms with Crippen molar-refractivity contribution in [2.24, 2.45) is 10.8 Å². The fourth-order valence-corrected chi connectivity index (χ4v) is 1.98. The van der Waals surface area contributed by atoms with Gasteiger partial charge in [-0.2, -0.15) is 0 Å². The fraction of sp³-hybridized carbons (Fsp3) is 0.818. The molecule has 0 saturated heterocycles. The quantitative estimate of drug-likeness (QED) is 0.637. The summed E-state index contributed by atoms with van der Waals surface area (Å²) in [4.78, 5) is 0. The molecule has 1 nitrogen and oxygen atoms in total. The van der Waals surface area contributed by atoms with Crippen molar-refractivity contribution in [3.05, 3.63) is 12.2 Å². The summed E-state index contributed by atoms with van der Waals surface area (Å²) in [6.07, 6.45) is 0. The van der Waals surface area contributed by atoms with Gasteiger partial charge in [0.1, 0.15) is 0 Å². The van der Waals surface area contributed by atoms with Gasteiger partial charge in [0.15, 0.2) is 0 Å². The van der Waals surface area contributed by atoms with E-state index in [9.17, 15) is 0 Å². The van der Waals surface area contributed by atoms with E-state index in [1.165, 1.54) is 5.57 Å². The maximum Gasteiger partial charge on any atom is 0.0184 e. The Morgan fingerprint density at radius 1 is 1.25 bits per heavy atom. The minimum Gasteiger partial charge on any atom is -0.309 e. The minimum atomic E-state index is 0.447. The molecule has 12 heavy (non-hydrogen) atoms. The molecule has 0 aromatic heterocycles. The van der Waals surface area contributed by atoms with Crippen molar-refractivity contribution < 1.29 is 0 Å². The Labute approximate surface area is 76.2 Å². The second-order valence-corrected chi connectivity index (χ2v) is 5.21. The van der Waals surface area contributed by atoms with Crippen LogP contribution in [0.1, 0.15) is 34.6 Å². The molecule has 1 aliphatic carbocycles. The maximum absolute atomic E-state index is 3.89. The Morgan fingerprint density at radius 3 is 1.92 bits per heavy atom. The van der Waals surface area contributed by atoms with Crippen LogP contribution in [0.4, 0.5) is 0 Å². The maximum atomic E-state index is 3.89. The Bertz CT molecular complexity index is 187. The summed E-state index contributed by atoms with van der Waals surface area (Å²) in [7, 11) is 0. The molecule has 70 valence electrons. The van der Waals surface area contributed by atoms with E-state index >= 15 is 0 Å². The molecule has 1 aliphatic rings. The summed E-state index contributed by atoms with van der Waals surface area (Å²) >= 11 is 0. The van der Waals surface area contributed by atoms with Crippen LogP contribution in [0.5, 0.6) is 0 Å². The van der Waals surface area contributed by atoms with E-state index in [0.29, 0.717) is 16.9 Å². The molecular formula is C11H21N. The molecule has 0 atom stereocenters. The van der Waals surface area contributed by atoms with Crippen LogP contribution in [-0.4, -0.2) is 12.6 Å². The first kappa shape index (κ1) is 9.79. The van der Waals surface area contributed by atoms with Crippen molar-refractivity contribution in [3.8, 4) is 0 Å². The third kappa shape index (κ3) is 1.31.